The second-order valence-corrected chi connectivity index (χ2v) is 9.10. The highest BCUT2D eigenvalue weighted by molar-refractivity contribution is 14.0. The van der Waals surface area contributed by atoms with Gasteiger partial charge < -0.3 is 24.8 Å². The minimum atomic E-state index is -0.446. The van der Waals surface area contributed by atoms with E-state index in [4.69, 9.17) is 9.73 Å². The topological polar surface area (TPSA) is 60.4 Å². The number of piperidine rings is 1. The molecular formula is C20H38IN5O2. The minimum absolute atomic E-state index is 0. The molecule has 0 aliphatic carbocycles. The van der Waals surface area contributed by atoms with Gasteiger partial charge >= 0.3 is 6.09 Å². The van der Waals surface area contributed by atoms with Crippen molar-refractivity contribution in [1.29, 1.82) is 0 Å². The molecule has 2 unspecified atom stereocenters. The summed E-state index contributed by atoms with van der Waals surface area (Å²) in [6, 6.07) is 0.896. The van der Waals surface area contributed by atoms with Crippen LogP contribution in [0.5, 0.6) is 0 Å². The fourth-order valence-corrected chi connectivity index (χ4v) is 4.16. The fraction of sp³-hybridized carbons (Fsp3) is 0.900. The van der Waals surface area contributed by atoms with Crippen LogP contribution in [0.2, 0.25) is 0 Å². The van der Waals surface area contributed by atoms with Crippen LogP contribution in [-0.2, 0) is 4.74 Å². The van der Waals surface area contributed by atoms with Gasteiger partial charge in [0.05, 0.1) is 12.6 Å². The molecule has 3 aliphatic rings. The summed E-state index contributed by atoms with van der Waals surface area (Å²) in [5.74, 6) is 1.01. The Bertz CT molecular complexity index is 545. The number of piperazine rings is 1. The number of rotatable bonds is 4. The second-order valence-electron chi connectivity index (χ2n) is 9.10. The highest BCUT2D eigenvalue weighted by Crippen LogP contribution is 2.19. The molecule has 0 aromatic heterocycles. The number of aliphatic imine (C=N–C) groups is 1. The zero-order chi connectivity index (χ0) is 19.4. The van der Waals surface area contributed by atoms with Crippen LogP contribution in [0, 0.1) is 0 Å². The van der Waals surface area contributed by atoms with E-state index in [2.05, 4.69) is 22.0 Å². The van der Waals surface area contributed by atoms with Crippen molar-refractivity contribution in [2.45, 2.75) is 71.1 Å². The number of nitrogens with one attached hydrogen (secondary N) is 1. The number of ether oxygens (including phenoxy) is 1. The predicted octanol–water partition coefficient (Wildman–Crippen LogP) is 2.75. The van der Waals surface area contributed by atoms with Crippen LogP contribution >= 0.6 is 24.0 Å². The SMILES string of the molecule is CC(CCNC1=NCC2CN(C(=O)OC(C)(C)C)CCN12)N1CCCCC1.I. The maximum atomic E-state index is 12.3. The zero-order valence-electron chi connectivity index (χ0n) is 17.9. The normalized spacial score (nSPS) is 24.1. The first kappa shape index (κ1) is 23.5. The Kier molecular flexibility index (Phi) is 8.66. The molecule has 162 valence electrons. The van der Waals surface area contributed by atoms with Crippen molar-refractivity contribution >= 4 is 36.0 Å². The van der Waals surface area contributed by atoms with Crippen molar-refractivity contribution in [3.63, 3.8) is 0 Å². The van der Waals surface area contributed by atoms with E-state index in [-0.39, 0.29) is 36.1 Å². The molecule has 7 nitrogen and oxygen atoms in total. The maximum absolute atomic E-state index is 12.3. The standard InChI is InChI=1S/C20H37N5O2.HI/c1-16(23-10-6-5-7-11-23)8-9-21-18-22-14-17-15-24(12-13-25(17)18)19(26)27-20(2,3)4;/h16-17H,5-15H2,1-4H3,(H,21,22);1H. The molecule has 0 radical (unpaired) electrons. The van der Waals surface area contributed by atoms with Gasteiger partial charge in [-0.05, 0) is 60.0 Å². The second kappa shape index (κ2) is 10.3. The smallest absolute Gasteiger partial charge is 0.410 e. The van der Waals surface area contributed by atoms with E-state index in [1.165, 1.54) is 32.4 Å². The van der Waals surface area contributed by atoms with Crippen LogP contribution < -0.4 is 5.32 Å². The van der Waals surface area contributed by atoms with Gasteiger partial charge in [0.25, 0.3) is 0 Å². The molecule has 2 saturated heterocycles. The molecule has 2 fully saturated rings. The molecular weight excluding hydrogens is 469 g/mol. The van der Waals surface area contributed by atoms with Gasteiger partial charge in [0, 0.05) is 32.2 Å². The summed E-state index contributed by atoms with van der Waals surface area (Å²) >= 11 is 0. The van der Waals surface area contributed by atoms with Crippen molar-refractivity contribution in [3.8, 4) is 0 Å². The summed E-state index contributed by atoms with van der Waals surface area (Å²) in [6.07, 6.45) is 5.00. The number of guanidine groups is 1. The average Bonchev–Trinajstić information content (AvgIpc) is 3.03. The molecule has 1 N–H and O–H groups in total. The number of carbonyl (C=O) groups is 1. The van der Waals surface area contributed by atoms with Crippen LogP contribution in [0.4, 0.5) is 4.79 Å². The van der Waals surface area contributed by atoms with Crippen molar-refractivity contribution in [2.75, 3.05) is 45.8 Å². The lowest BCUT2D eigenvalue weighted by Crippen LogP contribution is -2.57. The van der Waals surface area contributed by atoms with E-state index in [1.54, 1.807) is 0 Å². The molecule has 0 saturated carbocycles. The number of amides is 1. The van der Waals surface area contributed by atoms with E-state index in [0.29, 0.717) is 19.1 Å². The first-order valence-electron chi connectivity index (χ1n) is 10.6. The third-order valence-electron chi connectivity index (χ3n) is 5.72. The lowest BCUT2D eigenvalue weighted by atomic mass is 10.1. The summed E-state index contributed by atoms with van der Waals surface area (Å²) in [7, 11) is 0. The number of hydrogen-bond acceptors (Lipinski definition) is 6. The Morgan fingerprint density at radius 2 is 1.93 bits per heavy atom. The van der Waals surface area contributed by atoms with Gasteiger partial charge in [0.2, 0.25) is 0 Å². The lowest BCUT2D eigenvalue weighted by molar-refractivity contribution is 0.0137. The van der Waals surface area contributed by atoms with Crippen LogP contribution in [0.15, 0.2) is 4.99 Å². The third-order valence-corrected chi connectivity index (χ3v) is 5.72. The Morgan fingerprint density at radius 3 is 2.61 bits per heavy atom. The van der Waals surface area contributed by atoms with E-state index in [9.17, 15) is 4.79 Å². The van der Waals surface area contributed by atoms with Crippen molar-refractivity contribution in [3.05, 3.63) is 0 Å². The highest BCUT2D eigenvalue weighted by atomic mass is 127. The Hall–Kier alpha value is -0.770. The number of likely N-dealkylation sites (tertiary alicyclic amines) is 1. The Labute approximate surface area is 187 Å². The summed E-state index contributed by atoms with van der Waals surface area (Å²) in [5, 5.41) is 3.55. The summed E-state index contributed by atoms with van der Waals surface area (Å²) < 4.78 is 5.51. The lowest BCUT2D eigenvalue weighted by Gasteiger charge is -2.39. The molecule has 3 rings (SSSR count). The highest BCUT2D eigenvalue weighted by Gasteiger charge is 2.36. The van der Waals surface area contributed by atoms with Crippen LogP contribution in [0.1, 0.15) is 53.4 Å². The molecule has 0 aromatic carbocycles. The number of carbonyl (C=O) groups excluding carboxylic acids is 1. The largest absolute Gasteiger partial charge is 0.444 e. The minimum Gasteiger partial charge on any atom is -0.444 e. The number of fused-ring (bicyclic) bond motifs is 1. The van der Waals surface area contributed by atoms with Gasteiger partial charge in [0.15, 0.2) is 5.96 Å². The monoisotopic (exact) mass is 507 g/mol. The molecule has 2 atom stereocenters. The van der Waals surface area contributed by atoms with Crippen LogP contribution in [-0.4, -0.2) is 90.3 Å². The average molecular weight is 507 g/mol. The van der Waals surface area contributed by atoms with Gasteiger partial charge in [-0.15, -0.1) is 24.0 Å². The summed E-state index contributed by atoms with van der Waals surface area (Å²) in [6.45, 7) is 14.5. The van der Waals surface area contributed by atoms with Crippen LogP contribution in [0.3, 0.4) is 0 Å². The van der Waals surface area contributed by atoms with Gasteiger partial charge in [0.1, 0.15) is 5.60 Å². The Balaban J connectivity index is 0.00000280. The van der Waals surface area contributed by atoms with E-state index < -0.39 is 5.60 Å². The molecule has 28 heavy (non-hydrogen) atoms. The quantitative estimate of drug-likeness (QED) is 0.594. The fourth-order valence-electron chi connectivity index (χ4n) is 4.16. The van der Waals surface area contributed by atoms with Gasteiger partial charge in [-0.25, -0.2) is 4.79 Å². The first-order valence-corrected chi connectivity index (χ1v) is 10.6. The first-order chi connectivity index (χ1) is 12.8. The van der Waals surface area contributed by atoms with Crippen molar-refractivity contribution in [2.24, 2.45) is 4.99 Å². The van der Waals surface area contributed by atoms with Gasteiger partial charge in [-0.1, -0.05) is 6.42 Å². The number of nitrogens with zero attached hydrogens (tertiary/aromatic N) is 4. The molecule has 3 heterocycles. The summed E-state index contributed by atoms with van der Waals surface area (Å²) in [5.41, 5.74) is -0.446. The van der Waals surface area contributed by atoms with E-state index in [1.807, 2.05) is 25.7 Å². The van der Waals surface area contributed by atoms with Gasteiger partial charge in [-0.2, -0.15) is 0 Å². The number of hydrogen-bond donors (Lipinski definition) is 1. The molecule has 0 aromatic rings. The molecule has 8 heteroatoms. The van der Waals surface area contributed by atoms with Crippen molar-refractivity contribution < 1.29 is 9.53 Å². The van der Waals surface area contributed by atoms with Crippen LogP contribution in [0.25, 0.3) is 0 Å². The predicted molar refractivity (Wildman–Crippen MR) is 124 cm³/mol. The van der Waals surface area contributed by atoms with Crippen molar-refractivity contribution in [1.82, 2.24) is 20.0 Å². The van der Waals surface area contributed by atoms with Gasteiger partial charge in [-0.3, -0.25) is 4.99 Å². The third kappa shape index (κ3) is 6.37. The molecule has 1 amide bonds. The maximum Gasteiger partial charge on any atom is 0.410 e. The zero-order valence-corrected chi connectivity index (χ0v) is 20.3. The summed E-state index contributed by atoms with van der Waals surface area (Å²) in [4.78, 5) is 23.8. The Morgan fingerprint density at radius 1 is 1.21 bits per heavy atom. The van der Waals surface area contributed by atoms with E-state index in [0.717, 1.165) is 32.0 Å². The molecule has 3 aliphatic heterocycles. The molecule has 0 bridgehead atoms. The number of halogens is 1. The molecule has 0 spiro atoms. The van der Waals surface area contributed by atoms with E-state index >= 15 is 0 Å².